The summed E-state index contributed by atoms with van der Waals surface area (Å²) >= 11 is 0. The van der Waals surface area contributed by atoms with Crippen LogP contribution in [0.2, 0.25) is 0 Å². The maximum absolute atomic E-state index is 3.59. The third-order valence-electron chi connectivity index (χ3n) is 4.54. The average molecular weight is 217 g/mol. The molecule has 0 bridgehead atoms. The smallest absolute Gasteiger partial charge is 0.00345 e. The molecule has 1 aromatic rings. The van der Waals surface area contributed by atoms with Crippen molar-refractivity contribution in [3.8, 4) is 0 Å². The van der Waals surface area contributed by atoms with Crippen LogP contribution in [0.15, 0.2) is 24.3 Å². The van der Waals surface area contributed by atoms with Crippen LogP contribution in [0.4, 0.5) is 0 Å². The molecule has 0 radical (unpaired) electrons. The lowest BCUT2D eigenvalue weighted by Crippen LogP contribution is -2.27. The molecule has 0 aliphatic carbocycles. The van der Waals surface area contributed by atoms with Gasteiger partial charge in [0.15, 0.2) is 0 Å². The van der Waals surface area contributed by atoms with Gasteiger partial charge in [-0.25, -0.2) is 0 Å². The molecule has 0 spiro atoms. The number of nitrogens with one attached hydrogen (secondary N) is 1. The summed E-state index contributed by atoms with van der Waals surface area (Å²) in [5, 5.41) is 3.59. The van der Waals surface area contributed by atoms with E-state index in [1.54, 1.807) is 5.56 Å². The van der Waals surface area contributed by atoms with Crippen LogP contribution in [0.25, 0.3) is 0 Å². The van der Waals surface area contributed by atoms with E-state index in [2.05, 4.69) is 50.4 Å². The molecule has 16 heavy (non-hydrogen) atoms. The topological polar surface area (TPSA) is 12.0 Å². The summed E-state index contributed by atoms with van der Waals surface area (Å²) in [6.07, 6.45) is 2.55. The summed E-state index contributed by atoms with van der Waals surface area (Å²) in [6, 6.07) is 8.87. The van der Waals surface area contributed by atoms with Crippen LogP contribution in [-0.2, 0) is 0 Å². The largest absolute Gasteiger partial charge is 0.316 e. The predicted molar refractivity (Wildman–Crippen MR) is 69.8 cm³/mol. The molecule has 0 aromatic heterocycles. The lowest BCUT2D eigenvalue weighted by atomic mass is 9.70. The summed E-state index contributed by atoms with van der Waals surface area (Å²) in [7, 11) is 0. The van der Waals surface area contributed by atoms with Crippen molar-refractivity contribution in [2.75, 3.05) is 13.1 Å². The van der Waals surface area contributed by atoms with Crippen molar-refractivity contribution in [3.63, 3.8) is 0 Å². The van der Waals surface area contributed by atoms with Crippen molar-refractivity contribution in [2.45, 2.75) is 39.5 Å². The van der Waals surface area contributed by atoms with E-state index < -0.39 is 0 Å². The lowest BCUT2D eigenvalue weighted by Gasteiger charge is -2.33. The minimum atomic E-state index is 0.478. The molecule has 1 aromatic carbocycles. The Balaban J connectivity index is 2.37. The minimum Gasteiger partial charge on any atom is -0.316 e. The Morgan fingerprint density at radius 3 is 2.56 bits per heavy atom. The zero-order valence-corrected chi connectivity index (χ0v) is 10.7. The number of hydrogen-bond acceptors (Lipinski definition) is 1. The van der Waals surface area contributed by atoms with Gasteiger partial charge in [0, 0.05) is 19.0 Å². The molecule has 1 heteroatoms. The first-order chi connectivity index (χ1) is 7.73. The molecule has 1 saturated heterocycles. The van der Waals surface area contributed by atoms with Crippen molar-refractivity contribution >= 4 is 0 Å². The zero-order valence-electron chi connectivity index (χ0n) is 10.7. The summed E-state index contributed by atoms with van der Waals surface area (Å²) in [5.74, 6) is 0.698. The van der Waals surface area contributed by atoms with E-state index in [4.69, 9.17) is 0 Å². The summed E-state index contributed by atoms with van der Waals surface area (Å²) in [5.41, 5.74) is 3.48. The van der Waals surface area contributed by atoms with Gasteiger partial charge in [-0.1, -0.05) is 38.1 Å². The zero-order chi connectivity index (χ0) is 11.6. The fourth-order valence-electron chi connectivity index (χ4n) is 3.22. The van der Waals surface area contributed by atoms with E-state index in [0.29, 0.717) is 11.3 Å². The molecule has 1 atom stereocenters. The standard InChI is InChI=1S/C15H23N/c1-4-15(5-2)11-16-10-14(15)13-9-7-6-8-12(13)3/h6-9,14,16H,4-5,10-11H2,1-3H3/t14-/m0/s1. The summed E-state index contributed by atoms with van der Waals surface area (Å²) in [6.45, 7) is 9.23. The highest BCUT2D eigenvalue weighted by atomic mass is 14.9. The SMILES string of the molecule is CCC1(CC)CNC[C@H]1c1ccccc1C. The van der Waals surface area contributed by atoms with Crippen molar-refractivity contribution < 1.29 is 0 Å². The Morgan fingerprint density at radius 2 is 1.94 bits per heavy atom. The normalized spacial score (nSPS) is 23.6. The molecule has 1 aliphatic rings. The first-order valence-corrected chi connectivity index (χ1v) is 6.49. The Hall–Kier alpha value is -0.820. The molecular weight excluding hydrogens is 194 g/mol. The second-order valence-corrected chi connectivity index (χ2v) is 5.11. The van der Waals surface area contributed by atoms with Gasteiger partial charge in [0.05, 0.1) is 0 Å². The first-order valence-electron chi connectivity index (χ1n) is 6.49. The second kappa shape index (κ2) is 4.58. The quantitative estimate of drug-likeness (QED) is 0.817. The molecule has 1 nitrogen and oxygen atoms in total. The van der Waals surface area contributed by atoms with Crippen LogP contribution in [0.3, 0.4) is 0 Å². The fraction of sp³-hybridized carbons (Fsp3) is 0.600. The van der Waals surface area contributed by atoms with E-state index >= 15 is 0 Å². The Labute approximate surface area is 99.3 Å². The van der Waals surface area contributed by atoms with Crippen molar-refractivity contribution in [1.82, 2.24) is 5.32 Å². The molecule has 1 N–H and O–H groups in total. The van der Waals surface area contributed by atoms with E-state index in [9.17, 15) is 0 Å². The van der Waals surface area contributed by atoms with E-state index in [0.717, 1.165) is 6.54 Å². The van der Waals surface area contributed by atoms with Gasteiger partial charge in [-0.2, -0.15) is 0 Å². The van der Waals surface area contributed by atoms with Gasteiger partial charge in [-0.05, 0) is 36.3 Å². The highest BCUT2D eigenvalue weighted by Crippen LogP contribution is 2.45. The van der Waals surface area contributed by atoms with E-state index in [1.807, 2.05) is 0 Å². The summed E-state index contributed by atoms with van der Waals surface area (Å²) in [4.78, 5) is 0. The molecule has 1 fully saturated rings. The molecular formula is C15H23N. The van der Waals surface area contributed by atoms with Crippen LogP contribution in [-0.4, -0.2) is 13.1 Å². The number of benzene rings is 1. The Kier molecular flexibility index (Phi) is 3.34. The lowest BCUT2D eigenvalue weighted by molar-refractivity contribution is 0.260. The Bertz CT molecular complexity index is 352. The maximum Gasteiger partial charge on any atom is 0.00345 e. The molecule has 0 amide bonds. The fourth-order valence-corrected chi connectivity index (χ4v) is 3.22. The van der Waals surface area contributed by atoms with Gasteiger partial charge < -0.3 is 5.32 Å². The molecule has 1 aliphatic heterocycles. The highest BCUT2D eigenvalue weighted by Gasteiger charge is 2.40. The molecule has 88 valence electrons. The van der Waals surface area contributed by atoms with Crippen LogP contribution in [0.1, 0.15) is 43.7 Å². The van der Waals surface area contributed by atoms with Crippen LogP contribution >= 0.6 is 0 Å². The molecule has 2 rings (SSSR count). The van der Waals surface area contributed by atoms with Gasteiger partial charge in [-0.3, -0.25) is 0 Å². The first kappa shape index (κ1) is 11.7. The van der Waals surface area contributed by atoms with Crippen molar-refractivity contribution in [3.05, 3.63) is 35.4 Å². The molecule has 0 unspecified atom stereocenters. The van der Waals surface area contributed by atoms with E-state index in [-0.39, 0.29) is 0 Å². The van der Waals surface area contributed by atoms with Crippen molar-refractivity contribution in [2.24, 2.45) is 5.41 Å². The number of rotatable bonds is 3. The van der Waals surface area contributed by atoms with Gasteiger partial charge in [0.2, 0.25) is 0 Å². The second-order valence-electron chi connectivity index (χ2n) is 5.11. The minimum absolute atomic E-state index is 0.478. The third kappa shape index (κ3) is 1.78. The summed E-state index contributed by atoms with van der Waals surface area (Å²) < 4.78 is 0. The average Bonchev–Trinajstić information content (AvgIpc) is 2.74. The number of aryl methyl sites for hydroxylation is 1. The van der Waals surface area contributed by atoms with E-state index in [1.165, 1.54) is 24.9 Å². The van der Waals surface area contributed by atoms with Crippen LogP contribution < -0.4 is 5.32 Å². The van der Waals surface area contributed by atoms with Crippen LogP contribution in [0.5, 0.6) is 0 Å². The molecule has 0 saturated carbocycles. The van der Waals surface area contributed by atoms with Crippen LogP contribution in [0, 0.1) is 12.3 Å². The Morgan fingerprint density at radius 1 is 1.25 bits per heavy atom. The van der Waals surface area contributed by atoms with Gasteiger partial charge in [0.1, 0.15) is 0 Å². The van der Waals surface area contributed by atoms with Gasteiger partial charge >= 0.3 is 0 Å². The molecule has 1 heterocycles. The monoisotopic (exact) mass is 217 g/mol. The highest BCUT2D eigenvalue weighted by molar-refractivity contribution is 5.32. The third-order valence-corrected chi connectivity index (χ3v) is 4.54. The van der Waals surface area contributed by atoms with Crippen molar-refractivity contribution in [1.29, 1.82) is 0 Å². The number of hydrogen-bond donors (Lipinski definition) is 1. The van der Waals surface area contributed by atoms with Gasteiger partial charge in [-0.15, -0.1) is 0 Å². The maximum atomic E-state index is 3.59. The predicted octanol–water partition coefficient (Wildman–Crippen LogP) is 3.49. The van der Waals surface area contributed by atoms with Gasteiger partial charge in [0.25, 0.3) is 0 Å².